The number of para-hydroxylation sites is 1. The molecule has 0 aliphatic heterocycles. The van der Waals surface area contributed by atoms with Crippen LogP contribution in [0.15, 0.2) is 46.9 Å². The van der Waals surface area contributed by atoms with Crippen molar-refractivity contribution in [2.75, 3.05) is 20.2 Å². The summed E-state index contributed by atoms with van der Waals surface area (Å²) >= 11 is 0. The van der Waals surface area contributed by atoms with Crippen LogP contribution in [0.25, 0.3) is 21.9 Å². The summed E-state index contributed by atoms with van der Waals surface area (Å²) in [7, 11) is 1.50. The molecule has 23 heavy (non-hydrogen) atoms. The molecule has 0 saturated heterocycles. The number of fused-ring (bicyclic) bond motifs is 3. The molecule has 0 aliphatic carbocycles. The molecule has 0 bridgehead atoms. The van der Waals surface area contributed by atoms with Gasteiger partial charge in [-0.3, -0.25) is 9.59 Å². The molecule has 1 heterocycles. The SMILES string of the molecule is CN(CC(N)=O)C(=O)COc1ccc2oc3ccccc3c2c1. The largest absolute Gasteiger partial charge is 0.484 e. The summed E-state index contributed by atoms with van der Waals surface area (Å²) in [6.45, 7) is -0.293. The van der Waals surface area contributed by atoms with Crippen molar-refractivity contribution in [3.05, 3.63) is 42.5 Å². The minimum atomic E-state index is -0.563. The van der Waals surface area contributed by atoms with Crippen molar-refractivity contribution in [1.82, 2.24) is 4.90 Å². The molecular formula is C17H16N2O4. The Labute approximate surface area is 132 Å². The van der Waals surface area contributed by atoms with Gasteiger partial charge >= 0.3 is 0 Å². The van der Waals surface area contributed by atoms with Crippen LogP contribution < -0.4 is 10.5 Å². The average Bonchev–Trinajstić information content (AvgIpc) is 2.90. The molecule has 3 aromatic rings. The number of hydrogen-bond donors (Lipinski definition) is 1. The highest BCUT2D eigenvalue weighted by atomic mass is 16.5. The minimum Gasteiger partial charge on any atom is -0.484 e. The molecule has 0 aliphatic rings. The first-order chi connectivity index (χ1) is 11.0. The molecule has 0 radical (unpaired) electrons. The molecule has 6 nitrogen and oxygen atoms in total. The normalized spacial score (nSPS) is 10.8. The lowest BCUT2D eigenvalue weighted by Crippen LogP contribution is -2.38. The molecule has 0 fully saturated rings. The molecule has 0 unspecified atom stereocenters. The van der Waals surface area contributed by atoms with Crippen molar-refractivity contribution in [3.8, 4) is 5.75 Å². The molecule has 2 aromatic carbocycles. The lowest BCUT2D eigenvalue weighted by atomic mass is 10.1. The maximum Gasteiger partial charge on any atom is 0.260 e. The summed E-state index contributed by atoms with van der Waals surface area (Å²) < 4.78 is 11.2. The number of nitrogens with zero attached hydrogens (tertiary/aromatic N) is 1. The van der Waals surface area contributed by atoms with Crippen molar-refractivity contribution in [1.29, 1.82) is 0 Å². The molecule has 2 amide bonds. The maximum atomic E-state index is 11.9. The number of amides is 2. The summed E-state index contributed by atoms with van der Waals surface area (Å²) in [5, 5.41) is 1.92. The van der Waals surface area contributed by atoms with Crippen LogP contribution in [0.5, 0.6) is 5.75 Å². The van der Waals surface area contributed by atoms with Gasteiger partial charge in [-0.15, -0.1) is 0 Å². The predicted molar refractivity (Wildman–Crippen MR) is 86.0 cm³/mol. The zero-order valence-electron chi connectivity index (χ0n) is 12.6. The quantitative estimate of drug-likeness (QED) is 0.779. The van der Waals surface area contributed by atoms with E-state index in [1.165, 1.54) is 11.9 Å². The van der Waals surface area contributed by atoms with Gasteiger partial charge in [0.05, 0.1) is 6.54 Å². The van der Waals surface area contributed by atoms with E-state index in [4.69, 9.17) is 14.9 Å². The smallest absolute Gasteiger partial charge is 0.260 e. The number of carbonyl (C=O) groups excluding carboxylic acids is 2. The van der Waals surface area contributed by atoms with Gasteiger partial charge in [-0.1, -0.05) is 18.2 Å². The minimum absolute atomic E-state index is 0.131. The summed E-state index contributed by atoms with van der Waals surface area (Å²) in [5.41, 5.74) is 6.62. The van der Waals surface area contributed by atoms with E-state index in [1.807, 2.05) is 36.4 Å². The van der Waals surface area contributed by atoms with Crippen molar-refractivity contribution in [3.63, 3.8) is 0 Å². The third kappa shape index (κ3) is 3.11. The number of rotatable bonds is 5. The van der Waals surface area contributed by atoms with E-state index in [0.29, 0.717) is 5.75 Å². The van der Waals surface area contributed by atoms with E-state index in [1.54, 1.807) is 6.07 Å². The molecule has 6 heteroatoms. The molecule has 0 saturated carbocycles. The van der Waals surface area contributed by atoms with E-state index >= 15 is 0 Å². The van der Waals surface area contributed by atoms with Gasteiger partial charge in [0.1, 0.15) is 16.9 Å². The fourth-order valence-electron chi connectivity index (χ4n) is 2.37. The second-order valence-corrected chi connectivity index (χ2v) is 5.26. The van der Waals surface area contributed by atoms with E-state index < -0.39 is 5.91 Å². The average molecular weight is 312 g/mol. The zero-order valence-corrected chi connectivity index (χ0v) is 12.6. The third-order valence-corrected chi connectivity index (χ3v) is 3.53. The monoisotopic (exact) mass is 312 g/mol. The van der Waals surface area contributed by atoms with E-state index in [-0.39, 0.29) is 19.1 Å². The van der Waals surface area contributed by atoms with E-state index in [2.05, 4.69) is 0 Å². The van der Waals surface area contributed by atoms with E-state index in [0.717, 1.165) is 21.9 Å². The van der Waals surface area contributed by atoms with Gasteiger partial charge in [0.2, 0.25) is 5.91 Å². The standard InChI is InChI=1S/C17H16N2O4/c1-19(9-16(18)20)17(21)10-22-11-6-7-15-13(8-11)12-4-2-3-5-14(12)23-15/h2-8H,9-10H2,1H3,(H2,18,20). The van der Waals surface area contributed by atoms with Crippen LogP contribution >= 0.6 is 0 Å². The maximum absolute atomic E-state index is 11.9. The highest BCUT2D eigenvalue weighted by Crippen LogP contribution is 2.31. The van der Waals surface area contributed by atoms with Crippen LogP contribution in [-0.4, -0.2) is 36.9 Å². The fourth-order valence-corrected chi connectivity index (χ4v) is 2.37. The van der Waals surface area contributed by atoms with Gasteiger partial charge in [-0.05, 0) is 24.3 Å². The predicted octanol–water partition coefficient (Wildman–Crippen LogP) is 1.91. The second-order valence-electron chi connectivity index (χ2n) is 5.26. The first-order valence-electron chi connectivity index (χ1n) is 7.11. The van der Waals surface area contributed by atoms with Gasteiger partial charge in [0.25, 0.3) is 5.91 Å². The Morgan fingerprint density at radius 3 is 2.65 bits per heavy atom. The number of carbonyl (C=O) groups is 2. The number of likely N-dealkylation sites (N-methyl/N-ethyl adjacent to an activating group) is 1. The first kappa shape index (κ1) is 14.9. The number of hydrogen-bond acceptors (Lipinski definition) is 4. The Kier molecular flexibility index (Phi) is 3.89. The van der Waals surface area contributed by atoms with Crippen LogP contribution in [0.3, 0.4) is 0 Å². The van der Waals surface area contributed by atoms with Crippen molar-refractivity contribution < 1.29 is 18.7 Å². The Morgan fingerprint density at radius 2 is 1.87 bits per heavy atom. The number of furan rings is 1. The van der Waals surface area contributed by atoms with Crippen LogP contribution in [-0.2, 0) is 9.59 Å². The molecule has 2 N–H and O–H groups in total. The van der Waals surface area contributed by atoms with Gasteiger partial charge in [0.15, 0.2) is 6.61 Å². The molecule has 118 valence electrons. The summed E-state index contributed by atoms with van der Waals surface area (Å²) in [5.74, 6) is -0.321. The Balaban J connectivity index is 1.77. The molecule has 3 rings (SSSR count). The van der Waals surface area contributed by atoms with Crippen molar-refractivity contribution >= 4 is 33.8 Å². The van der Waals surface area contributed by atoms with Crippen LogP contribution in [0.1, 0.15) is 0 Å². The van der Waals surface area contributed by atoms with Crippen molar-refractivity contribution in [2.45, 2.75) is 0 Å². The third-order valence-electron chi connectivity index (χ3n) is 3.53. The van der Waals surface area contributed by atoms with Gasteiger partial charge < -0.3 is 19.8 Å². The molecular weight excluding hydrogens is 296 g/mol. The van der Waals surface area contributed by atoms with Crippen LogP contribution in [0.4, 0.5) is 0 Å². The number of benzene rings is 2. The Morgan fingerprint density at radius 1 is 1.13 bits per heavy atom. The highest BCUT2D eigenvalue weighted by molar-refractivity contribution is 6.05. The van der Waals surface area contributed by atoms with Gasteiger partial charge in [-0.25, -0.2) is 0 Å². The number of ether oxygens (including phenoxy) is 1. The highest BCUT2D eigenvalue weighted by Gasteiger charge is 2.12. The van der Waals surface area contributed by atoms with Crippen molar-refractivity contribution in [2.24, 2.45) is 5.73 Å². The summed E-state index contributed by atoms with van der Waals surface area (Å²) in [6, 6.07) is 13.1. The first-order valence-corrected chi connectivity index (χ1v) is 7.11. The molecule has 0 atom stereocenters. The number of nitrogens with two attached hydrogens (primary N) is 1. The van der Waals surface area contributed by atoms with Gasteiger partial charge in [0, 0.05) is 17.8 Å². The lowest BCUT2D eigenvalue weighted by molar-refractivity contribution is -0.135. The van der Waals surface area contributed by atoms with Crippen LogP contribution in [0, 0.1) is 0 Å². The summed E-state index contributed by atoms with van der Waals surface area (Å²) in [6.07, 6.45) is 0. The summed E-state index contributed by atoms with van der Waals surface area (Å²) in [4.78, 5) is 23.9. The molecule has 0 spiro atoms. The second kappa shape index (κ2) is 6.00. The van der Waals surface area contributed by atoms with Crippen LogP contribution in [0.2, 0.25) is 0 Å². The van der Waals surface area contributed by atoms with Gasteiger partial charge in [-0.2, -0.15) is 0 Å². The lowest BCUT2D eigenvalue weighted by Gasteiger charge is -2.15. The Bertz CT molecular complexity index is 885. The molecule has 1 aromatic heterocycles. The number of primary amides is 1. The fraction of sp³-hybridized carbons (Fsp3) is 0.176. The topological polar surface area (TPSA) is 85.8 Å². The Hall–Kier alpha value is -3.02. The zero-order chi connectivity index (χ0) is 16.4. The van der Waals surface area contributed by atoms with E-state index in [9.17, 15) is 9.59 Å².